The zero-order valence-electron chi connectivity index (χ0n) is 23.5. The van der Waals surface area contributed by atoms with Gasteiger partial charge in [-0.3, -0.25) is 14.9 Å². The lowest BCUT2D eigenvalue weighted by Crippen LogP contribution is -2.47. The largest absolute Gasteiger partial charge is 0.374 e. The van der Waals surface area contributed by atoms with Crippen molar-refractivity contribution in [2.75, 3.05) is 60.9 Å². The van der Waals surface area contributed by atoms with Crippen LogP contribution >= 0.6 is 11.6 Å². The van der Waals surface area contributed by atoms with Gasteiger partial charge in [0.25, 0.3) is 5.91 Å². The number of aliphatic hydroxyl groups is 1. The van der Waals surface area contributed by atoms with E-state index in [1.54, 1.807) is 24.3 Å². The first-order valence-corrected chi connectivity index (χ1v) is 14.7. The van der Waals surface area contributed by atoms with E-state index in [2.05, 4.69) is 51.6 Å². The normalized spacial score (nSPS) is 16.3. The van der Waals surface area contributed by atoms with Crippen LogP contribution in [0.25, 0.3) is 0 Å². The third kappa shape index (κ3) is 7.01. The number of halogens is 1. The summed E-state index contributed by atoms with van der Waals surface area (Å²) in [7, 11) is 0. The number of likely N-dealkylation sites (tertiary alicyclic amines) is 1. The van der Waals surface area contributed by atoms with Crippen molar-refractivity contribution in [1.29, 1.82) is 0 Å². The Morgan fingerprint density at radius 1 is 0.951 bits per heavy atom. The lowest BCUT2D eigenvalue weighted by Gasteiger charge is -2.38. The Kier molecular flexibility index (Phi) is 9.44. The first kappa shape index (κ1) is 28.9. The molecule has 0 aromatic heterocycles. The van der Waals surface area contributed by atoms with Crippen molar-refractivity contribution < 1.29 is 14.7 Å². The van der Waals surface area contributed by atoms with Crippen molar-refractivity contribution in [1.82, 2.24) is 10.2 Å². The third-order valence-electron chi connectivity index (χ3n) is 7.89. The minimum Gasteiger partial charge on any atom is -0.374 e. The highest BCUT2D eigenvalue weighted by molar-refractivity contribution is 6.34. The minimum atomic E-state index is -0.910. The molecular weight excluding hydrogens is 538 g/mol. The van der Waals surface area contributed by atoms with Crippen molar-refractivity contribution in [3.8, 4) is 0 Å². The molecule has 2 aliphatic heterocycles. The van der Waals surface area contributed by atoms with Crippen molar-refractivity contribution in [3.63, 3.8) is 0 Å². The van der Waals surface area contributed by atoms with Crippen LogP contribution in [0.4, 0.5) is 17.1 Å². The number of anilines is 3. The standard InChI is InChI=1S/C32H38ClN5O3/c1-23-8-2-5-11-28(23)36-18-20-37(21-19-36)29-14-13-24(31(40)34-15-7-17-38-16-6-12-30(38)39)22-27(29)35-32(41)25-9-3-4-10-26(25)33/h2-5,8-11,13-14,22,31,34,40H,6-7,12,15-21H2,1H3,(H,35,41). The van der Waals surface area contributed by atoms with Gasteiger partial charge in [-0.05, 0) is 67.8 Å². The van der Waals surface area contributed by atoms with E-state index in [-0.39, 0.29) is 11.8 Å². The van der Waals surface area contributed by atoms with Crippen molar-refractivity contribution in [2.45, 2.75) is 32.4 Å². The Balaban J connectivity index is 1.30. The van der Waals surface area contributed by atoms with Crippen LogP contribution in [0, 0.1) is 6.92 Å². The fraction of sp³-hybridized carbons (Fsp3) is 0.375. The van der Waals surface area contributed by atoms with Crippen LogP contribution in [0.5, 0.6) is 0 Å². The highest BCUT2D eigenvalue weighted by Crippen LogP contribution is 2.32. The Labute approximate surface area is 246 Å². The molecule has 41 heavy (non-hydrogen) atoms. The van der Waals surface area contributed by atoms with Crippen LogP contribution in [0.2, 0.25) is 5.02 Å². The first-order valence-electron chi connectivity index (χ1n) is 14.4. The fourth-order valence-corrected chi connectivity index (χ4v) is 5.83. The number of amides is 2. The molecule has 2 saturated heterocycles. The zero-order valence-corrected chi connectivity index (χ0v) is 24.2. The average molecular weight is 576 g/mol. The predicted molar refractivity (Wildman–Crippen MR) is 165 cm³/mol. The molecule has 1 atom stereocenters. The summed E-state index contributed by atoms with van der Waals surface area (Å²) in [6, 6.07) is 21.1. The van der Waals surface area contributed by atoms with Crippen molar-refractivity contribution in [2.24, 2.45) is 0 Å². The minimum absolute atomic E-state index is 0.208. The van der Waals surface area contributed by atoms with Gasteiger partial charge in [-0.2, -0.15) is 0 Å². The van der Waals surface area contributed by atoms with Gasteiger partial charge in [0.05, 0.1) is 22.0 Å². The summed E-state index contributed by atoms with van der Waals surface area (Å²) in [5, 5.41) is 17.5. The number of benzene rings is 3. The predicted octanol–water partition coefficient (Wildman–Crippen LogP) is 4.82. The maximum atomic E-state index is 13.3. The second kappa shape index (κ2) is 13.4. The van der Waals surface area contributed by atoms with Gasteiger partial charge in [0, 0.05) is 51.4 Å². The summed E-state index contributed by atoms with van der Waals surface area (Å²) in [6.45, 7) is 7.49. The summed E-state index contributed by atoms with van der Waals surface area (Å²) >= 11 is 6.32. The molecule has 3 aromatic carbocycles. The second-order valence-electron chi connectivity index (χ2n) is 10.7. The van der Waals surface area contributed by atoms with Gasteiger partial charge < -0.3 is 25.1 Å². The van der Waals surface area contributed by atoms with E-state index in [4.69, 9.17) is 11.6 Å². The molecule has 8 nitrogen and oxygen atoms in total. The number of rotatable bonds is 10. The Bertz CT molecular complexity index is 1370. The molecule has 0 radical (unpaired) electrons. The number of piperazine rings is 1. The first-order chi connectivity index (χ1) is 19.9. The Hall–Kier alpha value is -3.59. The van der Waals surface area contributed by atoms with E-state index in [1.165, 1.54) is 11.3 Å². The van der Waals surface area contributed by atoms with Crippen molar-refractivity contribution >= 4 is 40.5 Å². The number of hydrogen-bond donors (Lipinski definition) is 3. The van der Waals surface area contributed by atoms with E-state index in [1.807, 2.05) is 23.1 Å². The Morgan fingerprint density at radius 3 is 2.37 bits per heavy atom. The summed E-state index contributed by atoms with van der Waals surface area (Å²) in [5.74, 6) is -0.0925. The van der Waals surface area contributed by atoms with Crippen molar-refractivity contribution in [3.05, 3.63) is 88.4 Å². The number of aryl methyl sites for hydroxylation is 1. The summed E-state index contributed by atoms with van der Waals surface area (Å²) in [4.78, 5) is 31.6. The number of para-hydroxylation sites is 1. The summed E-state index contributed by atoms with van der Waals surface area (Å²) < 4.78 is 0. The molecule has 0 aliphatic carbocycles. The van der Waals surface area contributed by atoms with Gasteiger partial charge in [-0.1, -0.05) is 48.0 Å². The molecule has 9 heteroatoms. The summed E-state index contributed by atoms with van der Waals surface area (Å²) in [5.41, 5.74) is 5.08. The average Bonchev–Trinajstić information content (AvgIpc) is 3.40. The number of aliphatic hydroxyl groups excluding tert-OH is 1. The lowest BCUT2D eigenvalue weighted by molar-refractivity contribution is -0.127. The topological polar surface area (TPSA) is 88.2 Å². The fourth-order valence-electron chi connectivity index (χ4n) is 5.61. The Morgan fingerprint density at radius 2 is 1.66 bits per heavy atom. The number of carbonyl (C=O) groups excluding carboxylic acids is 2. The quantitative estimate of drug-likeness (QED) is 0.237. The highest BCUT2D eigenvalue weighted by Gasteiger charge is 2.23. The van der Waals surface area contributed by atoms with E-state index in [0.29, 0.717) is 41.3 Å². The molecule has 2 aliphatic rings. The van der Waals surface area contributed by atoms with Gasteiger partial charge in [0.15, 0.2) is 0 Å². The van der Waals surface area contributed by atoms with Gasteiger partial charge >= 0.3 is 0 Å². The molecule has 0 bridgehead atoms. The zero-order chi connectivity index (χ0) is 28.8. The number of hydrogen-bond acceptors (Lipinski definition) is 6. The highest BCUT2D eigenvalue weighted by atomic mass is 35.5. The maximum absolute atomic E-state index is 13.3. The molecule has 2 heterocycles. The molecular formula is C32H38ClN5O3. The van der Waals surface area contributed by atoms with Gasteiger partial charge in [0.2, 0.25) is 5.91 Å². The molecule has 1 unspecified atom stereocenters. The van der Waals surface area contributed by atoms with Crippen LogP contribution in [-0.2, 0) is 4.79 Å². The molecule has 5 rings (SSSR count). The number of carbonyl (C=O) groups is 2. The van der Waals surface area contributed by atoms with Gasteiger partial charge in [-0.15, -0.1) is 0 Å². The van der Waals surface area contributed by atoms with E-state index >= 15 is 0 Å². The molecule has 2 amide bonds. The maximum Gasteiger partial charge on any atom is 0.257 e. The lowest BCUT2D eigenvalue weighted by atomic mass is 10.1. The van der Waals surface area contributed by atoms with Crippen LogP contribution < -0.4 is 20.4 Å². The van der Waals surface area contributed by atoms with E-state index in [0.717, 1.165) is 51.3 Å². The molecule has 3 aromatic rings. The number of nitrogens with zero attached hydrogens (tertiary/aromatic N) is 3. The van der Waals surface area contributed by atoms with Crippen LogP contribution in [0.1, 0.15) is 47.0 Å². The molecule has 216 valence electrons. The van der Waals surface area contributed by atoms with E-state index < -0.39 is 6.23 Å². The van der Waals surface area contributed by atoms with Gasteiger partial charge in [0.1, 0.15) is 6.23 Å². The monoisotopic (exact) mass is 575 g/mol. The SMILES string of the molecule is Cc1ccccc1N1CCN(c2ccc(C(O)NCCCN3CCCC3=O)cc2NC(=O)c2ccccc2Cl)CC1. The van der Waals surface area contributed by atoms with Crippen LogP contribution in [0.15, 0.2) is 66.7 Å². The van der Waals surface area contributed by atoms with E-state index in [9.17, 15) is 14.7 Å². The number of nitrogens with one attached hydrogen (secondary N) is 2. The van der Waals surface area contributed by atoms with Crippen LogP contribution in [0.3, 0.4) is 0 Å². The van der Waals surface area contributed by atoms with Crippen LogP contribution in [-0.4, -0.2) is 67.6 Å². The molecule has 0 saturated carbocycles. The molecule has 0 spiro atoms. The second-order valence-corrected chi connectivity index (χ2v) is 11.1. The third-order valence-corrected chi connectivity index (χ3v) is 8.22. The molecule has 2 fully saturated rings. The molecule has 3 N–H and O–H groups in total. The smallest absolute Gasteiger partial charge is 0.257 e. The van der Waals surface area contributed by atoms with Gasteiger partial charge in [-0.25, -0.2) is 0 Å². The summed E-state index contributed by atoms with van der Waals surface area (Å²) in [6.07, 6.45) is 1.39.